The van der Waals surface area contributed by atoms with E-state index in [0.29, 0.717) is 18.7 Å². The lowest BCUT2D eigenvalue weighted by Crippen LogP contribution is -2.48. The van der Waals surface area contributed by atoms with Crippen LogP contribution in [0.1, 0.15) is 17.5 Å². The second-order valence-corrected chi connectivity index (χ2v) is 6.83. The summed E-state index contributed by atoms with van der Waals surface area (Å²) in [5.74, 6) is 0.228. The van der Waals surface area contributed by atoms with Crippen molar-refractivity contribution in [3.8, 4) is 5.75 Å². The van der Waals surface area contributed by atoms with Gasteiger partial charge in [-0.3, -0.25) is 4.90 Å². The molecular formula is C20H25FN2O2. The number of hydrogen-bond acceptors (Lipinski definition) is 4. The van der Waals surface area contributed by atoms with E-state index in [9.17, 15) is 9.50 Å². The van der Waals surface area contributed by atoms with Gasteiger partial charge in [0.1, 0.15) is 23.8 Å². The first-order valence-corrected chi connectivity index (χ1v) is 8.56. The van der Waals surface area contributed by atoms with Gasteiger partial charge in [-0.05, 0) is 49.4 Å². The van der Waals surface area contributed by atoms with E-state index in [1.807, 2.05) is 19.2 Å². The summed E-state index contributed by atoms with van der Waals surface area (Å²) in [6.45, 7) is 2.79. The lowest BCUT2D eigenvalue weighted by Gasteiger charge is -2.31. The Morgan fingerprint density at radius 3 is 2.56 bits per heavy atom. The zero-order chi connectivity index (χ0) is 18.0. The van der Waals surface area contributed by atoms with E-state index in [4.69, 9.17) is 10.5 Å². The summed E-state index contributed by atoms with van der Waals surface area (Å²) in [5, 5.41) is 10.7. The third-order valence-electron chi connectivity index (χ3n) is 4.97. The van der Waals surface area contributed by atoms with Crippen molar-refractivity contribution in [1.29, 1.82) is 0 Å². The monoisotopic (exact) mass is 344 g/mol. The zero-order valence-corrected chi connectivity index (χ0v) is 14.6. The van der Waals surface area contributed by atoms with E-state index in [-0.39, 0.29) is 17.9 Å². The quantitative estimate of drug-likeness (QED) is 0.875. The number of rotatable bonds is 5. The summed E-state index contributed by atoms with van der Waals surface area (Å²) in [6, 6.07) is 13.6. The summed E-state index contributed by atoms with van der Waals surface area (Å²) in [5.41, 5.74) is 8.72. The fraction of sp³-hybridized carbons (Fsp3) is 0.400. The third kappa shape index (κ3) is 4.00. The molecule has 0 amide bonds. The number of halogens is 1. The first-order chi connectivity index (χ1) is 12.0. The number of ether oxygens (including phenoxy) is 1. The molecule has 1 saturated carbocycles. The Balaban J connectivity index is 1.68. The zero-order valence-electron chi connectivity index (χ0n) is 14.6. The largest absolute Gasteiger partial charge is 0.488 e. The minimum absolute atomic E-state index is 0.186. The SMILES string of the molecule is Cc1ccccc1CN(C)[C@@H]1[C@@H](O)[C@H](Oc2ccc(F)cc2)C[C@H]1N. The Morgan fingerprint density at radius 2 is 1.88 bits per heavy atom. The van der Waals surface area contributed by atoms with Gasteiger partial charge in [0.15, 0.2) is 0 Å². The molecule has 1 fully saturated rings. The number of benzene rings is 2. The van der Waals surface area contributed by atoms with Crippen LogP contribution in [0.2, 0.25) is 0 Å². The van der Waals surface area contributed by atoms with Crippen molar-refractivity contribution in [2.45, 2.75) is 44.2 Å². The Bertz CT molecular complexity index is 707. The molecule has 3 rings (SSSR count). The van der Waals surface area contributed by atoms with Crippen LogP contribution in [0.3, 0.4) is 0 Å². The molecule has 134 valence electrons. The maximum absolute atomic E-state index is 13.0. The highest BCUT2D eigenvalue weighted by molar-refractivity contribution is 5.26. The van der Waals surface area contributed by atoms with Gasteiger partial charge >= 0.3 is 0 Å². The van der Waals surface area contributed by atoms with Crippen molar-refractivity contribution >= 4 is 0 Å². The molecule has 2 aromatic carbocycles. The Kier molecular flexibility index (Phi) is 5.37. The van der Waals surface area contributed by atoms with Gasteiger partial charge in [-0.1, -0.05) is 24.3 Å². The van der Waals surface area contributed by atoms with Crippen LogP contribution in [0, 0.1) is 12.7 Å². The molecule has 0 bridgehead atoms. The molecule has 1 aliphatic rings. The molecule has 5 heteroatoms. The number of nitrogens with zero attached hydrogens (tertiary/aromatic N) is 1. The number of likely N-dealkylation sites (N-methyl/N-ethyl adjacent to an activating group) is 1. The van der Waals surface area contributed by atoms with Crippen molar-refractivity contribution in [1.82, 2.24) is 4.90 Å². The fourth-order valence-electron chi connectivity index (χ4n) is 3.58. The summed E-state index contributed by atoms with van der Waals surface area (Å²) < 4.78 is 18.9. The Hall–Kier alpha value is -1.95. The van der Waals surface area contributed by atoms with Crippen LogP contribution in [0.5, 0.6) is 5.75 Å². The van der Waals surface area contributed by atoms with Crippen LogP contribution < -0.4 is 10.5 Å². The number of hydrogen-bond donors (Lipinski definition) is 2. The summed E-state index contributed by atoms with van der Waals surface area (Å²) in [7, 11) is 1.97. The first kappa shape index (κ1) is 17.9. The van der Waals surface area contributed by atoms with E-state index in [1.165, 1.54) is 23.3 Å². The van der Waals surface area contributed by atoms with E-state index < -0.39 is 12.2 Å². The Morgan fingerprint density at radius 1 is 1.20 bits per heavy atom. The summed E-state index contributed by atoms with van der Waals surface area (Å²) in [4.78, 5) is 2.09. The fourth-order valence-corrected chi connectivity index (χ4v) is 3.58. The minimum atomic E-state index is -0.700. The molecule has 0 radical (unpaired) electrons. The average molecular weight is 344 g/mol. The molecule has 0 heterocycles. The summed E-state index contributed by atoms with van der Waals surface area (Å²) >= 11 is 0. The van der Waals surface area contributed by atoms with Crippen molar-refractivity contribution in [3.05, 3.63) is 65.5 Å². The number of aliphatic hydroxyl groups excluding tert-OH is 1. The van der Waals surface area contributed by atoms with Crippen LogP contribution in [-0.2, 0) is 6.54 Å². The highest BCUT2D eigenvalue weighted by Gasteiger charge is 2.44. The second kappa shape index (κ2) is 7.52. The van der Waals surface area contributed by atoms with E-state index in [1.54, 1.807) is 12.1 Å². The first-order valence-electron chi connectivity index (χ1n) is 8.56. The van der Waals surface area contributed by atoms with E-state index in [2.05, 4.69) is 24.0 Å². The third-order valence-corrected chi connectivity index (χ3v) is 4.97. The maximum Gasteiger partial charge on any atom is 0.128 e. The molecule has 4 atom stereocenters. The van der Waals surface area contributed by atoms with Crippen LogP contribution in [0.4, 0.5) is 4.39 Å². The molecule has 0 saturated heterocycles. The van der Waals surface area contributed by atoms with E-state index >= 15 is 0 Å². The molecule has 4 nitrogen and oxygen atoms in total. The van der Waals surface area contributed by atoms with Gasteiger partial charge in [-0.2, -0.15) is 0 Å². The van der Waals surface area contributed by atoms with Gasteiger partial charge in [-0.15, -0.1) is 0 Å². The van der Waals surface area contributed by atoms with Gasteiger partial charge in [0.05, 0.1) is 6.04 Å². The molecular weight excluding hydrogens is 319 g/mol. The molecule has 0 unspecified atom stereocenters. The molecule has 1 aliphatic carbocycles. The van der Waals surface area contributed by atoms with Crippen LogP contribution in [-0.4, -0.2) is 41.3 Å². The molecule has 0 aliphatic heterocycles. The minimum Gasteiger partial charge on any atom is -0.488 e. The van der Waals surface area contributed by atoms with Gasteiger partial charge in [0.2, 0.25) is 0 Å². The topological polar surface area (TPSA) is 58.7 Å². The molecule has 0 aromatic heterocycles. The number of aliphatic hydroxyl groups is 1. The van der Waals surface area contributed by atoms with Crippen LogP contribution in [0.25, 0.3) is 0 Å². The van der Waals surface area contributed by atoms with Crippen LogP contribution >= 0.6 is 0 Å². The second-order valence-electron chi connectivity index (χ2n) is 6.83. The molecule has 25 heavy (non-hydrogen) atoms. The standard InChI is InChI=1S/C20H25FN2O2/c1-13-5-3-4-6-14(13)12-23(2)19-17(22)11-18(20(19)24)25-16-9-7-15(21)8-10-16/h3-10,17-20,24H,11-12,22H2,1-2H3/t17-,18-,19+,20+/m1/s1. The molecule has 2 aromatic rings. The van der Waals surface area contributed by atoms with Crippen LogP contribution in [0.15, 0.2) is 48.5 Å². The normalized spacial score (nSPS) is 26.2. The van der Waals surface area contributed by atoms with Crippen molar-refractivity contribution in [2.75, 3.05) is 7.05 Å². The van der Waals surface area contributed by atoms with Gasteiger partial charge in [0.25, 0.3) is 0 Å². The molecule has 0 spiro atoms. The maximum atomic E-state index is 13.0. The lowest BCUT2D eigenvalue weighted by molar-refractivity contribution is 0.0137. The predicted octanol–water partition coefficient (Wildman–Crippen LogP) is 2.47. The highest BCUT2D eigenvalue weighted by Crippen LogP contribution is 2.28. The van der Waals surface area contributed by atoms with Crippen molar-refractivity contribution in [2.24, 2.45) is 5.73 Å². The smallest absolute Gasteiger partial charge is 0.128 e. The summed E-state index contributed by atoms with van der Waals surface area (Å²) in [6.07, 6.45) is -0.541. The van der Waals surface area contributed by atoms with Gasteiger partial charge in [0, 0.05) is 19.0 Å². The highest BCUT2D eigenvalue weighted by atomic mass is 19.1. The van der Waals surface area contributed by atoms with Crippen molar-refractivity contribution in [3.63, 3.8) is 0 Å². The Labute approximate surface area is 148 Å². The van der Waals surface area contributed by atoms with Gasteiger partial charge < -0.3 is 15.6 Å². The average Bonchev–Trinajstić information content (AvgIpc) is 2.85. The number of aryl methyl sites for hydroxylation is 1. The van der Waals surface area contributed by atoms with Gasteiger partial charge in [-0.25, -0.2) is 4.39 Å². The predicted molar refractivity (Wildman–Crippen MR) is 95.8 cm³/mol. The molecule has 3 N–H and O–H groups in total. The van der Waals surface area contributed by atoms with E-state index in [0.717, 1.165) is 0 Å². The van der Waals surface area contributed by atoms with Crippen molar-refractivity contribution < 1.29 is 14.2 Å². The lowest BCUT2D eigenvalue weighted by atomic mass is 10.1. The number of nitrogens with two attached hydrogens (primary N) is 1.